The molecule has 0 radical (unpaired) electrons. The summed E-state index contributed by atoms with van der Waals surface area (Å²) >= 11 is 0. The van der Waals surface area contributed by atoms with Crippen molar-refractivity contribution in [3.63, 3.8) is 0 Å². The molecule has 0 aliphatic carbocycles. The minimum absolute atomic E-state index is 0. The maximum Gasteiger partial charge on any atom is 1.00 e. The molecular formula is C15H16N3NaO5S. The van der Waals surface area contributed by atoms with Crippen molar-refractivity contribution in [2.75, 3.05) is 0 Å². The van der Waals surface area contributed by atoms with Crippen molar-refractivity contribution in [3.05, 3.63) is 35.2 Å². The average molecular weight is 373 g/mol. The van der Waals surface area contributed by atoms with E-state index in [4.69, 9.17) is 5.73 Å². The fourth-order valence-electron chi connectivity index (χ4n) is 3.18. The molecule has 0 bridgehead atoms. The molecule has 25 heavy (non-hydrogen) atoms. The van der Waals surface area contributed by atoms with E-state index in [1.54, 1.807) is 12.1 Å². The maximum absolute atomic E-state index is 12.7. The number of β-lactam (4-membered cyclic amide) rings is 1. The number of carboxylic acids is 1. The van der Waals surface area contributed by atoms with Gasteiger partial charge in [-0.2, -0.15) is 0 Å². The van der Waals surface area contributed by atoms with Crippen LogP contribution in [0.1, 0.15) is 25.1 Å². The third kappa shape index (κ3) is 2.74. The number of aliphatic carboxylic acids is 1. The van der Waals surface area contributed by atoms with Gasteiger partial charge in [0.2, 0.25) is 0 Å². The third-order valence-electron chi connectivity index (χ3n) is 4.57. The number of aromatic nitrogens is 1. The number of carbonyl (C=O) groups excluding carboxylic acids is 2. The molecule has 128 valence electrons. The van der Waals surface area contributed by atoms with Gasteiger partial charge < -0.3 is 20.5 Å². The second-order valence-electron chi connectivity index (χ2n) is 6.33. The van der Waals surface area contributed by atoms with Crippen molar-refractivity contribution in [3.8, 4) is 0 Å². The van der Waals surface area contributed by atoms with Crippen LogP contribution in [0.25, 0.3) is 6.08 Å². The monoisotopic (exact) mass is 373 g/mol. The molecule has 0 spiro atoms. The van der Waals surface area contributed by atoms with Crippen molar-refractivity contribution >= 4 is 27.8 Å². The summed E-state index contributed by atoms with van der Waals surface area (Å²) in [6, 6.07) is 1.84. The number of pyridine rings is 1. The Bertz CT molecular complexity index is 881. The molecule has 2 aliphatic rings. The molecule has 0 saturated carbocycles. The fourth-order valence-corrected chi connectivity index (χ4v) is 5.30. The molecule has 2 atom stereocenters. The summed E-state index contributed by atoms with van der Waals surface area (Å²) in [6.45, 7) is 2.86. The molecule has 1 amide bonds. The summed E-state index contributed by atoms with van der Waals surface area (Å²) in [5, 5.41) is 10.1. The predicted octanol–water partition coefficient (Wildman–Crippen LogP) is -4.58. The number of carboxylic acid groups (broad SMARTS) is 1. The smallest absolute Gasteiger partial charge is 0.548 e. The van der Waals surface area contributed by atoms with Gasteiger partial charge in [0.05, 0.1) is 28.0 Å². The molecule has 10 heteroatoms. The van der Waals surface area contributed by atoms with Gasteiger partial charge >= 0.3 is 29.6 Å². The number of nitrogens with two attached hydrogens (primary N) is 1. The molecule has 2 fully saturated rings. The van der Waals surface area contributed by atoms with Crippen molar-refractivity contribution in [1.29, 1.82) is 0 Å². The van der Waals surface area contributed by atoms with Crippen molar-refractivity contribution in [2.45, 2.75) is 36.6 Å². The van der Waals surface area contributed by atoms with Gasteiger partial charge in [-0.05, 0) is 37.6 Å². The zero-order valence-corrected chi connectivity index (χ0v) is 16.9. The standard InChI is InChI=1S/C15H17N3O5S.Na/c1-15(2)11(14(20)21)18-12(19)10(13(18)24(15,22)23)6-9-5-8(7-16)3-4-17-9;/h3-6,11,13H,7,16H2,1-2H3,(H,20,21);/q;+1/p-1/b10-6-;/t11-,13+;/m0./s1. The Labute approximate surface area is 167 Å². The van der Waals surface area contributed by atoms with E-state index in [9.17, 15) is 23.1 Å². The molecule has 8 nitrogen and oxygen atoms in total. The SMILES string of the molecule is CC1(C)[C@H](C(=O)[O-])N2C(=O)/C(=C/c3cc(CN)ccn3)[C@H]2S1(=O)=O.[Na+]. The summed E-state index contributed by atoms with van der Waals surface area (Å²) in [6.07, 6.45) is 2.88. The van der Waals surface area contributed by atoms with Crippen LogP contribution >= 0.6 is 0 Å². The van der Waals surface area contributed by atoms with Crippen LogP contribution in [0, 0.1) is 0 Å². The molecule has 0 aromatic carbocycles. The van der Waals surface area contributed by atoms with Crippen LogP contribution in [0.2, 0.25) is 0 Å². The van der Waals surface area contributed by atoms with E-state index in [1.165, 1.54) is 26.1 Å². The minimum Gasteiger partial charge on any atom is -0.548 e. The Balaban J connectivity index is 0.00000225. The zero-order valence-electron chi connectivity index (χ0n) is 14.1. The number of fused-ring (bicyclic) bond motifs is 1. The summed E-state index contributed by atoms with van der Waals surface area (Å²) in [4.78, 5) is 28.7. The molecular weight excluding hydrogens is 357 g/mol. The van der Waals surface area contributed by atoms with E-state index in [1.807, 2.05) is 0 Å². The number of sulfone groups is 1. The number of amides is 1. The molecule has 2 N–H and O–H groups in total. The summed E-state index contributed by atoms with van der Waals surface area (Å²) in [7, 11) is -3.91. The van der Waals surface area contributed by atoms with Crippen LogP contribution in [-0.2, 0) is 26.0 Å². The van der Waals surface area contributed by atoms with Gasteiger partial charge in [-0.1, -0.05) is 0 Å². The number of carbonyl (C=O) groups is 2. The minimum atomic E-state index is -3.91. The molecule has 0 unspecified atom stereocenters. The Morgan fingerprint density at radius 1 is 1.48 bits per heavy atom. The predicted molar refractivity (Wildman–Crippen MR) is 82.5 cm³/mol. The maximum atomic E-state index is 12.7. The molecule has 3 heterocycles. The normalized spacial score (nSPS) is 27.4. The molecule has 2 aliphatic heterocycles. The first-order valence-electron chi connectivity index (χ1n) is 7.26. The summed E-state index contributed by atoms with van der Waals surface area (Å²) < 4.78 is 23.8. The van der Waals surface area contributed by atoms with Gasteiger partial charge in [0.15, 0.2) is 15.2 Å². The van der Waals surface area contributed by atoms with E-state index in [0.29, 0.717) is 5.69 Å². The Kier molecular flexibility index (Phi) is 5.20. The van der Waals surface area contributed by atoms with Crippen LogP contribution < -0.4 is 40.4 Å². The number of rotatable bonds is 3. The largest absolute Gasteiger partial charge is 1.00 e. The van der Waals surface area contributed by atoms with Gasteiger partial charge in [-0.15, -0.1) is 0 Å². The number of hydrogen-bond acceptors (Lipinski definition) is 7. The summed E-state index contributed by atoms with van der Waals surface area (Å²) in [5.41, 5.74) is 6.73. The Hall–Kier alpha value is -1.26. The van der Waals surface area contributed by atoms with Crippen molar-refractivity contribution in [1.82, 2.24) is 9.88 Å². The third-order valence-corrected chi connectivity index (χ3v) is 7.33. The topological polar surface area (TPSA) is 133 Å². The van der Waals surface area contributed by atoms with Crippen LogP contribution in [-0.4, -0.2) is 46.3 Å². The quantitative estimate of drug-likeness (QED) is 0.320. The van der Waals surface area contributed by atoms with Crippen LogP contribution in [0.5, 0.6) is 0 Å². The van der Waals surface area contributed by atoms with Gasteiger partial charge in [0.25, 0.3) is 5.91 Å². The van der Waals surface area contributed by atoms with E-state index in [-0.39, 0.29) is 41.7 Å². The summed E-state index contributed by atoms with van der Waals surface area (Å²) in [5.74, 6) is -2.22. The van der Waals surface area contributed by atoms with Gasteiger partial charge in [0, 0.05) is 12.7 Å². The Morgan fingerprint density at radius 2 is 2.12 bits per heavy atom. The fraction of sp³-hybridized carbons (Fsp3) is 0.400. The van der Waals surface area contributed by atoms with E-state index >= 15 is 0 Å². The number of hydrogen-bond donors (Lipinski definition) is 1. The first-order valence-corrected chi connectivity index (χ1v) is 8.81. The Morgan fingerprint density at radius 3 is 2.68 bits per heavy atom. The van der Waals surface area contributed by atoms with Crippen LogP contribution in [0.15, 0.2) is 23.9 Å². The average Bonchev–Trinajstić information content (AvgIpc) is 2.66. The van der Waals surface area contributed by atoms with Crippen LogP contribution in [0.4, 0.5) is 0 Å². The molecule has 1 aromatic rings. The second-order valence-corrected chi connectivity index (χ2v) is 8.92. The molecule has 1 aromatic heterocycles. The molecule has 2 saturated heterocycles. The zero-order chi connectivity index (χ0) is 17.9. The first-order chi connectivity index (χ1) is 11.1. The van der Waals surface area contributed by atoms with E-state index < -0.39 is 37.9 Å². The molecule has 3 rings (SSSR count). The second kappa shape index (κ2) is 6.48. The van der Waals surface area contributed by atoms with Gasteiger partial charge in [0.1, 0.15) is 0 Å². The van der Waals surface area contributed by atoms with Gasteiger partial charge in [-0.3, -0.25) is 9.78 Å². The van der Waals surface area contributed by atoms with Crippen molar-refractivity contribution in [2.24, 2.45) is 5.73 Å². The van der Waals surface area contributed by atoms with Crippen molar-refractivity contribution < 1.29 is 52.7 Å². The number of nitrogens with zero attached hydrogens (tertiary/aromatic N) is 2. The first kappa shape index (κ1) is 20.1. The van der Waals surface area contributed by atoms with Crippen LogP contribution in [0.3, 0.4) is 0 Å². The van der Waals surface area contributed by atoms with E-state index in [2.05, 4.69) is 4.98 Å². The van der Waals surface area contributed by atoms with E-state index in [0.717, 1.165) is 10.5 Å². The van der Waals surface area contributed by atoms with Gasteiger partial charge in [-0.25, -0.2) is 8.42 Å².